The maximum Gasteiger partial charge on any atom is 0.261 e. The van der Waals surface area contributed by atoms with Gasteiger partial charge in [0.05, 0.1) is 6.10 Å². The molecule has 0 spiro atoms. The smallest absolute Gasteiger partial charge is 0.261 e. The highest BCUT2D eigenvalue weighted by molar-refractivity contribution is 5.80. The molecule has 104 valence electrons. The first-order valence-electron chi connectivity index (χ1n) is 6.41. The fourth-order valence-electron chi connectivity index (χ4n) is 1.58. The summed E-state index contributed by atoms with van der Waals surface area (Å²) in [6, 6.07) is 7.12. The van der Waals surface area contributed by atoms with Crippen LogP contribution in [0.5, 0.6) is 5.75 Å². The highest BCUT2D eigenvalue weighted by Crippen LogP contribution is 2.20. The number of aliphatic hydroxyl groups is 1. The van der Waals surface area contributed by atoms with Gasteiger partial charge in [0.2, 0.25) is 0 Å². The molecule has 1 rings (SSSR count). The molecule has 0 aliphatic carbocycles. The van der Waals surface area contributed by atoms with Crippen LogP contribution in [0.1, 0.15) is 31.9 Å². The molecule has 1 unspecified atom stereocenters. The van der Waals surface area contributed by atoms with Crippen LogP contribution in [0.2, 0.25) is 0 Å². The van der Waals surface area contributed by atoms with Crippen molar-refractivity contribution >= 4 is 5.91 Å². The Morgan fingerprint density at radius 2 is 2.11 bits per heavy atom. The Morgan fingerprint density at radius 1 is 1.47 bits per heavy atom. The summed E-state index contributed by atoms with van der Waals surface area (Å²) >= 11 is 0. The van der Waals surface area contributed by atoms with Crippen LogP contribution in [-0.2, 0) is 4.79 Å². The Kier molecular flexibility index (Phi) is 6.09. The van der Waals surface area contributed by atoms with Crippen LogP contribution in [-0.4, -0.2) is 23.7 Å². The number of nitrogens with one attached hydrogen (secondary N) is 1. The highest BCUT2D eigenvalue weighted by atomic mass is 16.5. The first-order valence-corrected chi connectivity index (χ1v) is 6.41. The van der Waals surface area contributed by atoms with Crippen LogP contribution < -0.4 is 10.1 Å². The number of aliphatic hydroxyl groups excluding tert-OH is 1. The molecule has 4 heteroatoms. The summed E-state index contributed by atoms with van der Waals surface area (Å²) in [5.74, 6) is 0.422. The monoisotopic (exact) mass is 263 g/mol. The van der Waals surface area contributed by atoms with E-state index < -0.39 is 12.2 Å². The zero-order valence-electron chi connectivity index (χ0n) is 11.4. The van der Waals surface area contributed by atoms with Crippen molar-refractivity contribution in [2.24, 2.45) is 0 Å². The average molecular weight is 263 g/mol. The second kappa shape index (κ2) is 7.59. The molecule has 0 bridgehead atoms. The SMILES string of the molecule is C=CCNC(=O)C(C)Oc1ccc([C@@H](O)CC)cc1. The Bertz CT molecular complexity index is 414. The predicted molar refractivity (Wildman–Crippen MR) is 75.0 cm³/mol. The van der Waals surface area contributed by atoms with Crippen molar-refractivity contribution in [3.05, 3.63) is 42.5 Å². The Hall–Kier alpha value is -1.81. The Labute approximate surface area is 114 Å². The van der Waals surface area contributed by atoms with E-state index in [1.165, 1.54) is 0 Å². The van der Waals surface area contributed by atoms with Crippen molar-refractivity contribution < 1.29 is 14.6 Å². The molecule has 0 radical (unpaired) electrons. The molecule has 2 N–H and O–H groups in total. The molecule has 1 amide bonds. The second-order valence-electron chi connectivity index (χ2n) is 4.29. The number of rotatable bonds is 7. The standard InChI is InChI=1S/C15H21NO3/c1-4-10-16-15(18)11(3)19-13-8-6-12(7-9-13)14(17)5-2/h4,6-9,11,14,17H,1,5,10H2,2-3H3,(H,16,18)/t11?,14-/m0/s1. The molecule has 2 atom stereocenters. The van der Waals surface area contributed by atoms with E-state index in [2.05, 4.69) is 11.9 Å². The molecule has 4 nitrogen and oxygen atoms in total. The predicted octanol–water partition coefficient (Wildman–Crippen LogP) is 2.20. The van der Waals surface area contributed by atoms with Gasteiger partial charge in [0, 0.05) is 6.54 Å². The molecule has 0 saturated heterocycles. The molecule has 0 aliphatic heterocycles. The van der Waals surface area contributed by atoms with Crippen LogP contribution in [0.3, 0.4) is 0 Å². The van der Waals surface area contributed by atoms with E-state index in [1.54, 1.807) is 37.3 Å². The number of benzene rings is 1. The van der Waals surface area contributed by atoms with E-state index in [4.69, 9.17) is 4.74 Å². The molecule has 0 saturated carbocycles. The van der Waals surface area contributed by atoms with Gasteiger partial charge in [0.15, 0.2) is 6.10 Å². The molecule has 0 heterocycles. The van der Waals surface area contributed by atoms with Crippen molar-refractivity contribution in [2.45, 2.75) is 32.5 Å². The lowest BCUT2D eigenvalue weighted by atomic mass is 10.1. The number of hydrogen-bond donors (Lipinski definition) is 2. The molecule has 0 fully saturated rings. The summed E-state index contributed by atoms with van der Waals surface area (Å²) < 4.78 is 5.51. The molecular weight excluding hydrogens is 242 g/mol. The lowest BCUT2D eigenvalue weighted by molar-refractivity contribution is -0.127. The van der Waals surface area contributed by atoms with E-state index in [9.17, 15) is 9.90 Å². The lowest BCUT2D eigenvalue weighted by Gasteiger charge is -2.15. The molecule has 19 heavy (non-hydrogen) atoms. The van der Waals surface area contributed by atoms with Crippen LogP contribution >= 0.6 is 0 Å². The van der Waals surface area contributed by atoms with Crippen LogP contribution in [0, 0.1) is 0 Å². The first-order chi connectivity index (χ1) is 9.08. The van der Waals surface area contributed by atoms with E-state index in [0.717, 1.165) is 5.56 Å². The van der Waals surface area contributed by atoms with Gasteiger partial charge in [-0.05, 0) is 31.0 Å². The summed E-state index contributed by atoms with van der Waals surface area (Å²) in [4.78, 5) is 11.6. The van der Waals surface area contributed by atoms with E-state index in [-0.39, 0.29) is 5.91 Å². The van der Waals surface area contributed by atoms with Gasteiger partial charge < -0.3 is 15.2 Å². The summed E-state index contributed by atoms with van der Waals surface area (Å²) in [7, 11) is 0. The Morgan fingerprint density at radius 3 is 2.63 bits per heavy atom. The van der Waals surface area contributed by atoms with Gasteiger partial charge in [0.1, 0.15) is 5.75 Å². The van der Waals surface area contributed by atoms with Gasteiger partial charge in [0.25, 0.3) is 5.91 Å². The normalized spacial score (nSPS) is 13.4. The quantitative estimate of drug-likeness (QED) is 0.741. The van der Waals surface area contributed by atoms with Crippen LogP contribution in [0.15, 0.2) is 36.9 Å². The van der Waals surface area contributed by atoms with Gasteiger partial charge in [-0.25, -0.2) is 0 Å². The van der Waals surface area contributed by atoms with Crippen molar-refractivity contribution in [3.8, 4) is 5.75 Å². The molecule has 1 aromatic carbocycles. The van der Waals surface area contributed by atoms with Gasteiger partial charge in [-0.2, -0.15) is 0 Å². The van der Waals surface area contributed by atoms with E-state index in [0.29, 0.717) is 18.7 Å². The van der Waals surface area contributed by atoms with Crippen molar-refractivity contribution in [1.29, 1.82) is 0 Å². The minimum atomic E-state index is -0.568. The topological polar surface area (TPSA) is 58.6 Å². The number of carbonyl (C=O) groups excluding carboxylic acids is 1. The summed E-state index contributed by atoms with van der Waals surface area (Å²) in [5.41, 5.74) is 0.846. The zero-order chi connectivity index (χ0) is 14.3. The fraction of sp³-hybridized carbons (Fsp3) is 0.400. The third-order valence-corrected chi connectivity index (χ3v) is 2.75. The summed E-state index contributed by atoms with van der Waals surface area (Å²) in [5, 5.41) is 12.3. The average Bonchev–Trinajstić information content (AvgIpc) is 2.44. The van der Waals surface area contributed by atoms with Gasteiger partial charge in [-0.1, -0.05) is 25.1 Å². The fourth-order valence-corrected chi connectivity index (χ4v) is 1.58. The lowest BCUT2D eigenvalue weighted by Crippen LogP contribution is -2.36. The largest absolute Gasteiger partial charge is 0.481 e. The number of ether oxygens (including phenoxy) is 1. The number of amides is 1. The van der Waals surface area contributed by atoms with Crippen molar-refractivity contribution in [3.63, 3.8) is 0 Å². The Balaban J connectivity index is 2.57. The minimum Gasteiger partial charge on any atom is -0.481 e. The van der Waals surface area contributed by atoms with Gasteiger partial charge in [-0.15, -0.1) is 6.58 Å². The maximum absolute atomic E-state index is 11.6. The highest BCUT2D eigenvalue weighted by Gasteiger charge is 2.13. The van der Waals surface area contributed by atoms with E-state index >= 15 is 0 Å². The number of hydrogen-bond acceptors (Lipinski definition) is 3. The third-order valence-electron chi connectivity index (χ3n) is 2.75. The zero-order valence-corrected chi connectivity index (χ0v) is 11.4. The van der Waals surface area contributed by atoms with Crippen molar-refractivity contribution in [2.75, 3.05) is 6.54 Å². The number of carbonyl (C=O) groups is 1. The molecule has 0 aliphatic rings. The minimum absolute atomic E-state index is 0.183. The van der Waals surface area contributed by atoms with Gasteiger partial charge >= 0.3 is 0 Å². The third kappa shape index (κ3) is 4.75. The maximum atomic E-state index is 11.6. The first kappa shape index (κ1) is 15.2. The van der Waals surface area contributed by atoms with Gasteiger partial charge in [-0.3, -0.25) is 4.79 Å². The van der Waals surface area contributed by atoms with Crippen LogP contribution in [0.4, 0.5) is 0 Å². The molecule has 0 aromatic heterocycles. The molecule has 1 aromatic rings. The van der Waals surface area contributed by atoms with Crippen molar-refractivity contribution in [1.82, 2.24) is 5.32 Å². The summed E-state index contributed by atoms with van der Waals surface area (Å²) in [6.45, 7) is 7.56. The second-order valence-corrected chi connectivity index (χ2v) is 4.29. The van der Waals surface area contributed by atoms with E-state index in [1.807, 2.05) is 6.92 Å². The summed E-state index contributed by atoms with van der Waals surface area (Å²) in [6.07, 6.45) is 1.26. The van der Waals surface area contributed by atoms with Crippen LogP contribution in [0.25, 0.3) is 0 Å². The molecular formula is C15H21NO3.